The van der Waals surface area contributed by atoms with Crippen LogP contribution in [0.4, 0.5) is 0 Å². The first-order valence-corrected chi connectivity index (χ1v) is 10.9. The van der Waals surface area contributed by atoms with Gasteiger partial charge >= 0.3 is 0 Å². The van der Waals surface area contributed by atoms with Gasteiger partial charge in [-0.05, 0) is 24.6 Å². The van der Waals surface area contributed by atoms with E-state index in [4.69, 9.17) is 9.15 Å². The summed E-state index contributed by atoms with van der Waals surface area (Å²) >= 11 is 3.44. The highest BCUT2D eigenvalue weighted by molar-refractivity contribution is 9.10. The van der Waals surface area contributed by atoms with Crippen molar-refractivity contribution in [2.24, 2.45) is 0 Å². The Hall–Kier alpha value is -3.07. The first-order valence-electron chi connectivity index (χ1n) is 10.1. The summed E-state index contributed by atoms with van der Waals surface area (Å²) in [5.41, 5.74) is 2.36. The molecule has 0 saturated heterocycles. The second-order valence-corrected chi connectivity index (χ2v) is 8.07. The Balaban J connectivity index is 1.68. The zero-order chi connectivity index (χ0) is 22.1. The highest BCUT2D eigenvalue weighted by Gasteiger charge is 2.24. The minimum Gasteiger partial charge on any atom is -0.496 e. The molecule has 0 aliphatic heterocycles. The zero-order valence-corrected chi connectivity index (χ0v) is 19.1. The van der Waals surface area contributed by atoms with Crippen molar-refractivity contribution in [1.82, 2.24) is 19.5 Å². The highest BCUT2D eigenvalue weighted by Crippen LogP contribution is 2.24. The average molecular weight is 487 g/mol. The molecule has 0 saturated carbocycles. The van der Waals surface area contributed by atoms with Gasteiger partial charge in [0.1, 0.15) is 23.1 Å². The van der Waals surface area contributed by atoms with Gasteiger partial charge in [0.2, 0.25) is 5.91 Å². The van der Waals surface area contributed by atoms with E-state index in [1.807, 2.05) is 38.1 Å². The van der Waals surface area contributed by atoms with Crippen molar-refractivity contribution >= 4 is 38.5 Å². The van der Waals surface area contributed by atoms with Gasteiger partial charge in [0.25, 0.3) is 5.56 Å². The number of hydrogen-bond donors (Lipinski definition) is 1. The molecular formula is C22H23BrN4O4. The maximum atomic E-state index is 13.2. The van der Waals surface area contributed by atoms with E-state index in [1.54, 1.807) is 23.8 Å². The molecule has 3 aromatic heterocycles. The van der Waals surface area contributed by atoms with Crippen LogP contribution < -0.4 is 15.6 Å². The van der Waals surface area contributed by atoms with E-state index < -0.39 is 6.04 Å². The van der Waals surface area contributed by atoms with Crippen molar-refractivity contribution in [2.45, 2.75) is 39.3 Å². The number of fused-ring (bicyclic) bond motifs is 3. The Kier molecular flexibility index (Phi) is 5.86. The number of halogens is 1. The molecule has 0 unspecified atom stereocenters. The number of hydrogen-bond acceptors (Lipinski definition) is 5. The molecule has 0 bridgehead atoms. The fourth-order valence-corrected chi connectivity index (χ4v) is 4.20. The summed E-state index contributed by atoms with van der Waals surface area (Å²) in [6.07, 6.45) is 2.60. The number of rotatable bonds is 7. The van der Waals surface area contributed by atoms with E-state index in [0.717, 1.165) is 15.6 Å². The number of nitrogens with one attached hydrogen (secondary N) is 1. The normalized spacial score (nSPS) is 12.4. The lowest BCUT2D eigenvalue weighted by Gasteiger charge is -2.19. The largest absolute Gasteiger partial charge is 0.496 e. The minimum absolute atomic E-state index is 0.271. The van der Waals surface area contributed by atoms with Crippen LogP contribution in [0.3, 0.4) is 0 Å². The van der Waals surface area contributed by atoms with Crippen molar-refractivity contribution in [2.75, 3.05) is 7.11 Å². The van der Waals surface area contributed by atoms with Gasteiger partial charge in [0.15, 0.2) is 5.58 Å². The monoisotopic (exact) mass is 486 g/mol. The third-order valence-electron chi connectivity index (χ3n) is 5.33. The standard InChI is InChI=1S/C22H23BrN4O4/c1-4-15(21(28)24-12-13-10-14(23)6-7-18(13)30-3)27-22(29)17-11-19-16(8-9-31-19)26(17)20(5-2)25-27/h6-11,15H,4-5,12H2,1-3H3,(H,24,28)/t15-/m0/s1. The molecule has 162 valence electrons. The first-order chi connectivity index (χ1) is 15.0. The van der Waals surface area contributed by atoms with Crippen LogP contribution in [0.5, 0.6) is 5.75 Å². The van der Waals surface area contributed by atoms with Gasteiger partial charge in [-0.3, -0.25) is 14.0 Å². The van der Waals surface area contributed by atoms with E-state index in [9.17, 15) is 9.59 Å². The molecule has 8 nitrogen and oxygen atoms in total. The topological polar surface area (TPSA) is 90.8 Å². The summed E-state index contributed by atoms with van der Waals surface area (Å²) in [7, 11) is 1.59. The maximum absolute atomic E-state index is 13.2. The lowest BCUT2D eigenvalue weighted by molar-refractivity contribution is -0.125. The first kappa shape index (κ1) is 21.2. The predicted molar refractivity (Wildman–Crippen MR) is 120 cm³/mol. The molecule has 1 amide bonds. The van der Waals surface area contributed by atoms with Crippen LogP contribution in [-0.2, 0) is 17.8 Å². The van der Waals surface area contributed by atoms with Crippen LogP contribution in [0.25, 0.3) is 16.6 Å². The van der Waals surface area contributed by atoms with Crippen LogP contribution in [0, 0.1) is 0 Å². The second-order valence-electron chi connectivity index (χ2n) is 7.15. The smallest absolute Gasteiger partial charge is 0.291 e. The Morgan fingerprint density at radius 2 is 2.06 bits per heavy atom. The molecule has 4 rings (SSSR count). The number of carbonyl (C=O) groups excluding carboxylic acids is 1. The molecule has 1 aromatic carbocycles. The van der Waals surface area contributed by atoms with Gasteiger partial charge in [0.05, 0.1) is 18.9 Å². The lowest BCUT2D eigenvalue weighted by Crippen LogP contribution is -2.39. The highest BCUT2D eigenvalue weighted by atomic mass is 79.9. The van der Waals surface area contributed by atoms with Crippen LogP contribution in [-0.4, -0.2) is 27.2 Å². The summed E-state index contributed by atoms with van der Waals surface area (Å²) in [6.45, 7) is 4.09. The van der Waals surface area contributed by atoms with Crippen molar-refractivity contribution in [3.63, 3.8) is 0 Å². The van der Waals surface area contributed by atoms with Gasteiger partial charge in [-0.2, -0.15) is 5.10 Å². The Morgan fingerprint density at radius 3 is 2.77 bits per heavy atom. The van der Waals surface area contributed by atoms with E-state index in [-0.39, 0.29) is 18.0 Å². The molecule has 0 radical (unpaired) electrons. The fourth-order valence-electron chi connectivity index (χ4n) is 3.79. The zero-order valence-electron chi connectivity index (χ0n) is 17.5. The minimum atomic E-state index is -0.734. The molecule has 1 N–H and O–H groups in total. The number of amides is 1. The number of nitrogens with zero attached hydrogens (tertiary/aromatic N) is 3. The number of ether oxygens (including phenoxy) is 1. The van der Waals surface area contributed by atoms with E-state index in [0.29, 0.717) is 35.5 Å². The second kappa shape index (κ2) is 8.58. The van der Waals surface area contributed by atoms with Crippen molar-refractivity contribution < 1.29 is 13.9 Å². The summed E-state index contributed by atoms with van der Waals surface area (Å²) < 4.78 is 14.8. The van der Waals surface area contributed by atoms with Crippen LogP contribution in [0.2, 0.25) is 0 Å². The number of carbonyl (C=O) groups is 1. The molecule has 0 aliphatic rings. The maximum Gasteiger partial charge on any atom is 0.291 e. The SMILES string of the molecule is CCc1nn([C@@H](CC)C(=O)NCc2cc(Br)ccc2OC)c(=O)c2cc3occc3n12. The van der Waals surface area contributed by atoms with Crippen LogP contribution in [0.1, 0.15) is 37.7 Å². The van der Waals surface area contributed by atoms with E-state index in [1.165, 1.54) is 4.68 Å². The summed E-state index contributed by atoms with van der Waals surface area (Å²) in [4.78, 5) is 26.3. The quantitative estimate of drug-likeness (QED) is 0.428. The van der Waals surface area contributed by atoms with Gasteiger partial charge in [0, 0.05) is 35.1 Å². The summed E-state index contributed by atoms with van der Waals surface area (Å²) in [5.74, 6) is 1.09. The van der Waals surface area contributed by atoms with Crippen molar-refractivity contribution in [1.29, 1.82) is 0 Å². The Morgan fingerprint density at radius 1 is 1.26 bits per heavy atom. The third-order valence-corrected chi connectivity index (χ3v) is 5.82. The molecule has 31 heavy (non-hydrogen) atoms. The van der Waals surface area contributed by atoms with E-state index >= 15 is 0 Å². The summed E-state index contributed by atoms with van der Waals surface area (Å²) in [5, 5.41) is 7.47. The molecule has 9 heteroatoms. The molecule has 1 atom stereocenters. The number of aromatic nitrogens is 3. The van der Waals surface area contributed by atoms with E-state index in [2.05, 4.69) is 26.3 Å². The number of benzene rings is 1. The average Bonchev–Trinajstić information content (AvgIpc) is 3.36. The van der Waals surface area contributed by atoms with Gasteiger partial charge in [-0.1, -0.05) is 29.8 Å². The Labute approximate surface area is 186 Å². The summed E-state index contributed by atoms with van der Waals surface area (Å²) in [6, 6.07) is 8.37. The fraction of sp³-hybridized carbons (Fsp3) is 0.318. The van der Waals surface area contributed by atoms with Crippen molar-refractivity contribution in [3.8, 4) is 5.75 Å². The third kappa shape index (κ3) is 3.74. The molecule has 0 fully saturated rings. The van der Waals surface area contributed by atoms with Crippen molar-refractivity contribution in [3.05, 3.63) is 62.8 Å². The number of furan rings is 1. The van der Waals surface area contributed by atoms with Gasteiger partial charge in [-0.15, -0.1) is 0 Å². The molecule has 3 heterocycles. The van der Waals surface area contributed by atoms with Gasteiger partial charge < -0.3 is 14.5 Å². The molecule has 4 aromatic rings. The number of aryl methyl sites for hydroxylation is 1. The predicted octanol–water partition coefficient (Wildman–Crippen LogP) is 3.84. The van der Waals surface area contributed by atoms with Gasteiger partial charge in [-0.25, -0.2) is 4.68 Å². The molecular weight excluding hydrogens is 464 g/mol. The molecule has 0 aliphatic carbocycles. The lowest BCUT2D eigenvalue weighted by atomic mass is 10.1. The molecule has 0 spiro atoms. The number of methoxy groups -OCH3 is 1. The Bertz CT molecular complexity index is 1320. The van der Waals surface area contributed by atoms with Crippen LogP contribution >= 0.6 is 15.9 Å². The van der Waals surface area contributed by atoms with Crippen LogP contribution in [0.15, 0.2) is 50.3 Å².